The largest absolute Gasteiger partial charge is 0.480 e. The molecular weight excluding hydrogens is 256 g/mol. The molecule has 0 saturated carbocycles. The second kappa shape index (κ2) is 5.01. The van der Waals surface area contributed by atoms with E-state index in [0.29, 0.717) is 16.4 Å². The molecule has 0 aliphatic rings. The number of halogens is 1. The molecule has 6 heteroatoms. The van der Waals surface area contributed by atoms with Gasteiger partial charge in [0.2, 0.25) is 5.88 Å². The van der Waals surface area contributed by atoms with Crippen molar-refractivity contribution >= 4 is 17.6 Å². The van der Waals surface area contributed by atoms with E-state index in [4.69, 9.17) is 21.4 Å². The third kappa shape index (κ3) is 2.26. The van der Waals surface area contributed by atoms with Crippen molar-refractivity contribution in [2.45, 2.75) is 0 Å². The van der Waals surface area contributed by atoms with Crippen LogP contribution in [0.4, 0.5) is 0 Å². The molecule has 0 aliphatic heterocycles. The predicted octanol–water partition coefficient (Wildman–Crippen LogP) is 2.50. The zero-order valence-electron chi connectivity index (χ0n) is 9.42. The molecule has 0 atom stereocenters. The van der Waals surface area contributed by atoms with Crippen LogP contribution in [0.15, 0.2) is 30.5 Å². The van der Waals surface area contributed by atoms with Crippen LogP contribution in [0, 0.1) is 0 Å². The minimum Gasteiger partial charge on any atom is -0.480 e. The average Bonchev–Trinajstić information content (AvgIpc) is 2.38. The van der Waals surface area contributed by atoms with E-state index in [9.17, 15) is 4.79 Å². The van der Waals surface area contributed by atoms with E-state index in [0.717, 1.165) is 0 Å². The zero-order chi connectivity index (χ0) is 13.1. The van der Waals surface area contributed by atoms with Gasteiger partial charge in [0.15, 0.2) is 5.82 Å². The molecule has 2 aromatic rings. The molecule has 1 aromatic carbocycles. The molecule has 0 radical (unpaired) electrons. The van der Waals surface area contributed by atoms with Gasteiger partial charge in [-0.25, -0.2) is 9.78 Å². The van der Waals surface area contributed by atoms with Gasteiger partial charge in [-0.05, 0) is 12.1 Å². The van der Waals surface area contributed by atoms with Crippen LogP contribution in [0.2, 0.25) is 5.02 Å². The maximum atomic E-state index is 10.9. The van der Waals surface area contributed by atoms with Gasteiger partial charge in [-0.2, -0.15) is 4.98 Å². The molecule has 0 unspecified atom stereocenters. The molecule has 18 heavy (non-hydrogen) atoms. The maximum Gasteiger partial charge on any atom is 0.342 e. The highest BCUT2D eigenvalue weighted by atomic mass is 35.5. The highest BCUT2D eigenvalue weighted by molar-refractivity contribution is 6.33. The van der Waals surface area contributed by atoms with Crippen molar-refractivity contribution in [2.24, 2.45) is 0 Å². The first-order valence-electron chi connectivity index (χ1n) is 5.02. The Kier molecular flexibility index (Phi) is 3.43. The normalized spacial score (nSPS) is 10.1. The molecule has 1 aromatic heterocycles. The van der Waals surface area contributed by atoms with Crippen molar-refractivity contribution in [1.82, 2.24) is 9.97 Å². The van der Waals surface area contributed by atoms with Gasteiger partial charge in [0.25, 0.3) is 0 Å². The molecule has 2 rings (SSSR count). The van der Waals surface area contributed by atoms with Gasteiger partial charge >= 0.3 is 5.97 Å². The van der Waals surface area contributed by atoms with Crippen molar-refractivity contribution in [3.05, 3.63) is 41.0 Å². The lowest BCUT2D eigenvalue weighted by Crippen LogP contribution is -2.04. The van der Waals surface area contributed by atoms with E-state index >= 15 is 0 Å². The summed E-state index contributed by atoms with van der Waals surface area (Å²) in [5.74, 6) is -0.813. The molecule has 0 saturated heterocycles. The standard InChI is InChI=1S/C12H9ClN2O3/c1-18-11-8(12(16)17)6-14-10(15-11)7-4-2-3-5-9(7)13/h2-6H,1H3,(H,16,17). The number of carboxylic acids is 1. The number of aromatic carboxylic acids is 1. The van der Waals surface area contributed by atoms with E-state index in [1.165, 1.54) is 13.3 Å². The summed E-state index contributed by atoms with van der Waals surface area (Å²) >= 11 is 6.02. The lowest BCUT2D eigenvalue weighted by molar-refractivity contribution is 0.0692. The predicted molar refractivity (Wildman–Crippen MR) is 66.0 cm³/mol. The number of ether oxygens (including phenoxy) is 1. The highest BCUT2D eigenvalue weighted by Gasteiger charge is 2.15. The van der Waals surface area contributed by atoms with Crippen molar-refractivity contribution in [1.29, 1.82) is 0 Å². The number of benzene rings is 1. The SMILES string of the molecule is COc1nc(-c2ccccc2Cl)ncc1C(=O)O. The second-order valence-electron chi connectivity index (χ2n) is 3.40. The number of aromatic nitrogens is 2. The van der Waals surface area contributed by atoms with Crippen LogP contribution in [-0.4, -0.2) is 28.2 Å². The topological polar surface area (TPSA) is 72.3 Å². The molecule has 1 heterocycles. The molecule has 5 nitrogen and oxygen atoms in total. The highest BCUT2D eigenvalue weighted by Crippen LogP contribution is 2.26. The lowest BCUT2D eigenvalue weighted by Gasteiger charge is -2.06. The van der Waals surface area contributed by atoms with E-state index < -0.39 is 5.97 Å². The summed E-state index contributed by atoms with van der Waals surface area (Å²) in [7, 11) is 1.35. The Morgan fingerprint density at radius 3 is 2.72 bits per heavy atom. The summed E-state index contributed by atoms with van der Waals surface area (Å²) in [5, 5.41) is 9.42. The van der Waals surface area contributed by atoms with Crippen molar-refractivity contribution in [3.63, 3.8) is 0 Å². The maximum absolute atomic E-state index is 10.9. The van der Waals surface area contributed by atoms with Crippen LogP contribution >= 0.6 is 11.6 Å². The number of carboxylic acid groups (broad SMARTS) is 1. The molecule has 0 bridgehead atoms. The zero-order valence-corrected chi connectivity index (χ0v) is 10.2. The Balaban J connectivity index is 2.55. The van der Waals surface area contributed by atoms with Crippen LogP contribution in [0.25, 0.3) is 11.4 Å². The number of hydrogen-bond donors (Lipinski definition) is 1. The van der Waals surface area contributed by atoms with E-state index in [1.807, 2.05) is 0 Å². The number of hydrogen-bond acceptors (Lipinski definition) is 4. The third-order valence-electron chi connectivity index (χ3n) is 2.29. The van der Waals surface area contributed by atoms with E-state index in [-0.39, 0.29) is 11.4 Å². The molecule has 92 valence electrons. The second-order valence-corrected chi connectivity index (χ2v) is 3.81. The van der Waals surface area contributed by atoms with Crippen molar-refractivity contribution < 1.29 is 14.6 Å². The molecule has 0 aliphatic carbocycles. The van der Waals surface area contributed by atoms with Crippen LogP contribution in [-0.2, 0) is 0 Å². The molecule has 0 fully saturated rings. The summed E-state index contributed by atoms with van der Waals surface area (Å²) in [6.07, 6.45) is 1.20. The first-order chi connectivity index (χ1) is 8.63. The summed E-state index contributed by atoms with van der Waals surface area (Å²) in [5.41, 5.74) is 0.530. The molecular formula is C12H9ClN2O3. The van der Waals surface area contributed by atoms with Crippen molar-refractivity contribution in [2.75, 3.05) is 7.11 Å². The van der Waals surface area contributed by atoms with Gasteiger partial charge in [0, 0.05) is 11.8 Å². The van der Waals surface area contributed by atoms with E-state index in [2.05, 4.69) is 9.97 Å². The van der Waals surface area contributed by atoms with Crippen LogP contribution in [0.3, 0.4) is 0 Å². The third-order valence-corrected chi connectivity index (χ3v) is 2.62. The first kappa shape index (κ1) is 12.3. The van der Waals surface area contributed by atoms with Crippen molar-refractivity contribution in [3.8, 4) is 17.3 Å². The summed E-state index contributed by atoms with van der Waals surface area (Å²) in [6.45, 7) is 0. The Bertz CT molecular complexity index is 602. The van der Waals surface area contributed by atoms with Crippen LogP contribution in [0.1, 0.15) is 10.4 Å². The fraction of sp³-hybridized carbons (Fsp3) is 0.0833. The number of nitrogens with zero attached hydrogens (tertiary/aromatic N) is 2. The summed E-state index contributed by atoms with van der Waals surface area (Å²) in [4.78, 5) is 18.9. The molecule has 1 N–H and O–H groups in total. The van der Waals surface area contributed by atoms with Gasteiger partial charge in [0.1, 0.15) is 5.56 Å². The van der Waals surface area contributed by atoms with Gasteiger partial charge in [-0.15, -0.1) is 0 Å². The van der Waals surface area contributed by atoms with Crippen LogP contribution < -0.4 is 4.74 Å². The number of methoxy groups -OCH3 is 1. The fourth-order valence-electron chi connectivity index (χ4n) is 1.44. The van der Waals surface area contributed by atoms with Gasteiger partial charge in [0.05, 0.1) is 12.1 Å². The average molecular weight is 265 g/mol. The minimum atomic E-state index is -1.14. The monoisotopic (exact) mass is 264 g/mol. The number of carbonyl (C=O) groups is 1. The lowest BCUT2D eigenvalue weighted by atomic mass is 10.2. The first-order valence-corrected chi connectivity index (χ1v) is 5.40. The minimum absolute atomic E-state index is 0.00687. The molecule has 0 spiro atoms. The number of rotatable bonds is 3. The Labute approximate surface area is 108 Å². The fourth-order valence-corrected chi connectivity index (χ4v) is 1.66. The van der Waals surface area contributed by atoms with Crippen LogP contribution in [0.5, 0.6) is 5.88 Å². The summed E-state index contributed by atoms with van der Waals surface area (Å²) < 4.78 is 4.93. The van der Waals surface area contributed by atoms with Gasteiger partial charge < -0.3 is 9.84 Å². The van der Waals surface area contributed by atoms with Gasteiger partial charge in [-0.1, -0.05) is 23.7 Å². The smallest absolute Gasteiger partial charge is 0.342 e. The van der Waals surface area contributed by atoms with Gasteiger partial charge in [-0.3, -0.25) is 0 Å². The Morgan fingerprint density at radius 1 is 1.39 bits per heavy atom. The Hall–Kier alpha value is -2.14. The summed E-state index contributed by atoms with van der Waals surface area (Å²) in [6, 6.07) is 7.03. The Morgan fingerprint density at radius 2 is 2.11 bits per heavy atom. The quantitative estimate of drug-likeness (QED) is 0.922. The molecule has 0 amide bonds. The van der Waals surface area contributed by atoms with E-state index in [1.54, 1.807) is 24.3 Å².